The van der Waals surface area contributed by atoms with Crippen molar-refractivity contribution in [3.8, 4) is 5.75 Å². The van der Waals surface area contributed by atoms with Gasteiger partial charge in [0.1, 0.15) is 5.75 Å². The molecule has 0 aliphatic heterocycles. The number of ketones is 1. The molecule has 0 aliphatic carbocycles. The lowest BCUT2D eigenvalue weighted by molar-refractivity contribution is 0.101. The summed E-state index contributed by atoms with van der Waals surface area (Å²) >= 11 is 3.13. The van der Waals surface area contributed by atoms with Crippen molar-refractivity contribution >= 4 is 27.4 Å². The van der Waals surface area contributed by atoms with Crippen LogP contribution in [0.25, 0.3) is 0 Å². The molecule has 0 fully saturated rings. The molecule has 0 atom stereocenters. The fourth-order valence-electron chi connectivity index (χ4n) is 0.861. The molecule has 0 saturated heterocycles. The number of nitrogens with two attached hydrogens (primary N) is 1. The Morgan fingerprint density at radius 1 is 1.58 bits per heavy atom. The molecule has 0 aliphatic rings. The number of nitrogen functional groups attached to an aromatic ring is 1. The van der Waals surface area contributed by atoms with E-state index in [4.69, 9.17) is 5.73 Å². The Bertz CT molecular complexity index is 336. The molecule has 0 saturated carbocycles. The Hall–Kier alpha value is -1.03. The number of hydrogen-bond acceptors (Lipinski definition) is 3. The van der Waals surface area contributed by atoms with E-state index in [0.717, 1.165) is 0 Å². The molecule has 0 radical (unpaired) electrons. The van der Waals surface area contributed by atoms with Crippen LogP contribution in [0.3, 0.4) is 0 Å². The average molecular weight is 230 g/mol. The van der Waals surface area contributed by atoms with Crippen LogP contribution in [0, 0.1) is 0 Å². The van der Waals surface area contributed by atoms with E-state index in [1.54, 1.807) is 0 Å². The third-order valence-corrected chi connectivity index (χ3v) is 2.18. The Balaban J connectivity index is 3.33. The van der Waals surface area contributed by atoms with E-state index in [1.807, 2.05) is 0 Å². The van der Waals surface area contributed by atoms with Gasteiger partial charge in [0.15, 0.2) is 5.78 Å². The van der Waals surface area contributed by atoms with Crippen LogP contribution >= 0.6 is 15.9 Å². The predicted molar refractivity (Wildman–Crippen MR) is 50.2 cm³/mol. The van der Waals surface area contributed by atoms with Gasteiger partial charge in [-0.2, -0.15) is 0 Å². The van der Waals surface area contributed by atoms with E-state index in [0.29, 0.717) is 10.2 Å². The summed E-state index contributed by atoms with van der Waals surface area (Å²) in [7, 11) is 0. The lowest BCUT2D eigenvalue weighted by atomic mass is 10.1. The normalized spacial score (nSPS) is 9.83. The summed E-state index contributed by atoms with van der Waals surface area (Å²) < 4.78 is 0.588. The minimum Gasteiger partial charge on any atom is -0.507 e. The molecule has 3 N–H and O–H groups in total. The quantitative estimate of drug-likeness (QED) is 0.440. The molecule has 12 heavy (non-hydrogen) atoms. The zero-order valence-electron chi connectivity index (χ0n) is 6.47. The van der Waals surface area contributed by atoms with Crippen molar-refractivity contribution in [3.63, 3.8) is 0 Å². The maximum Gasteiger partial charge on any atom is 0.163 e. The van der Waals surface area contributed by atoms with Crippen molar-refractivity contribution in [1.29, 1.82) is 0 Å². The molecule has 0 bridgehead atoms. The number of benzene rings is 1. The van der Waals surface area contributed by atoms with Gasteiger partial charge in [-0.3, -0.25) is 4.79 Å². The van der Waals surface area contributed by atoms with E-state index in [2.05, 4.69) is 15.9 Å². The van der Waals surface area contributed by atoms with Gasteiger partial charge >= 0.3 is 0 Å². The van der Waals surface area contributed by atoms with Crippen LogP contribution in [-0.2, 0) is 0 Å². The molecule has 64 valence electrons. The van der Waals surface area contributed by atoms with Crippen LogP contribution in [0.1, 0.15) is 17.3 Å². The highest BCUT2D eigenvalue weighted by Crippen LogP contribution is 2.28. The first kappa shape index (κ1) is 9.06. The van der Waals surface area contributed by atoms with Gasteiger partial charge < -0.3 is 10.8 Å². The summed E-state index contributed by atoms with van der Waals surface area (Å²) in [5, 5.41) is 9.28. The fraction of sp³-hybridized carbons (Fsp3) is 0.125. The number of hydrogen-bond donors (Lipinski definition) is 2. The summed E-state index contributed by atoms with van der Waals surface area (Å²) in [5.41, 5.74) is 6.21. The molecule has 1 aromatic carbocycles. The average Bonchev–Trinajstić information content (AvgIpc) is 1.96. The molecule has 0 aromatic heterocycles. The number of Topliss-reactive ketones (excluding diaryl/α,β-unsaturated/α-hetero) is 1. The van der Waals surface area contributed by atoms with Gasteiger partial charge in [0, 0.05) is 10.2 Å². The predicted octanol–water partition coefficient (Wildman–Crippen LogP) is 1.94. The van der Waals surface area contributed by atoms with Gasteiger partial charge in [-0.1, -0.05) is 0 Å². The van der Waals surface area contributed by atoms with Crippen LogP contribution < -0.4 is 5.73 Å². The Kier molecular flexibility index (Phi) is 2.38. The summed E-state index contributed by atoms with van der Waals surface area (Å²) in [6.07, 6.45) is 0. The Morgan fingerprint density at radius 3 is 2.67 bits per heavy atom. The lowest BCUT2D eigenvalue weighted by Crippen LogP contribution is -1.96. The Labute approximate surface area is 78.3 Å². The number of carbonyl (C=O) groups is 1. The van der Waals surface area contributed by atoms with Crippen LogP contribution in [0.5, 0.6) is 5.75 Å². The highest BCUT2D eigenvalue weighted by molar-refractivity contribution is 9.10. The van der Waals surface area contributed by atoms with Crippen LogP contribution in [-0.4, -0.2) is 10.9 Å². The molecular weight excluding hydrogens is 222 g/mol. The maximum atomic E-state index is 10.9. The third kappa shape index (κ3) is 1.58. The topological polar surface area (TPSA) is 63.3 Å². The first-order chi connectivity index (χ1) is 5.52. The third-order valence-electron chi connectivity index (χ3n) is 1.49. The van der Waals surface area contributed by atoms with Crippen molar-refractivity contribution in [2.45, 2.75) is 6.92 Å². The largest absolute Gasteiger partial charge is 0.507 e. The van der Waals surface area contributed by atoms with Crippen molar-refractivity contribution in [1.82, 2.24) is 0 Å². The van der Waals surface area contributed by atoms with Gasteiger partial charge in [0.2, 0.25) is 0 Å². The van der Waals surface area contributed by atoms with Crippen molar-refractivity contribution in [2.75, 3.05) is 5.73 Å². The molecule has 3 nitrogen and oxygen atoms in total. The molecule has 0 heterocycles. The van der Waals surface area contributed by atoms with Gasteiger partial charge in [0.25, 0.3) is 0 Å². The van der Waals surface area contributed by atoms with Crippen LogP contribution in [0.2, 0.25) is 0 Å². The molecule has 1 rings (SSSR count). The van der Waals surface area contributed by atoms with E-state index >= 15 is 0 Å². The highest BCUT2D eigenvalue weighted by atomic mass is 79.9. The number of rotatable bonds is 1. The molecular formula is C8H8BrNO2. The highest BCUT2D eigenvalue weighted by Gasteiger charge is 2.08. The van der Waals surface area contributed by atoms with Crippen LogP contribution in [0.15, 0.2) is 16.6 Å². The van der Waals surface area contributed by atoms with Crippen molar-refractivity contribution in [2.24, 2.45) is 0 Å². The zero-order chi connectivity index (χ0) is 9.30. The van der Waals surface area contributed by atoms with E-state index in [1.165, 1.54) is 19.1 Å². The number of halogens is 1. The first-order valence-electron chi connectivity index (χ1n) is 3.31. The second-order valence-corrected chi connectivity index (χ2v) is 3.30. The standard InChI is InChI=1S/C8H8BrNO2/c1-4(11)5-2-7(10)6(9)3-8(5)12/h2-3,12H,10H2,1H3. The molecule has 0 spiro atoms. The number of carbonyl (C=O) groups excluding carboxylic acids is 1. The van der Waals surface area contributed by atoms with Crippen LogP contribution in [0.4, 0.5) is 5.69 Å². The minimum atomic E-state index is -0.202. The summed E-state index contributed by atoms with van der Waals surface area (Å²) in [6.45, 7) is 1.38. The summed E-state index contributed by atoms with van der Waals surface area (Å²) in [6, 6.07) is 2.85. The second-order valence-electron chi connectivity index (χ2n) is 2.45. The second kappa shape index (κ2) is 3.15. The summed E-state index contributed by atoms with van der Waals surface area (Å²) in [5.74, 6) is -0.254. The first-order valence-corrected chi connectivity index (χ1v) is 4.10. The van der Waals surface area contributed by atoms with Crippen molar-refractivity contribution < 1.29 is 9.90 Å². The Morgan fingerprint density at radius 2 is 2.17 bits per heavy atom. The monoisotopic (exact) mass is 229 g/mol. The van der Waals surface area contributed by atoms with E-state index in [9.17, 15) is 9.90 Å². The molecule has 0 unspecified atom stereocenters. The molecule has 4 heteroatoms. The van der Waals surface area contributed by atoms with Crippen molar-refractivity contribution in [3.05, 3.63) is 22.2 Å². The molecule has 0 amide bonds. The minimum absolute atomic E-state index is 0.0522. The fourth-order valence-corrected chi connectivity index (χ4v) is 1.19. The van der Waals surface area contributed by atoms with Gasteiger partial charge in [0.05, 0.1) is 5.56 Å². The SMILES string of the molecule is CC(=O)c1cc(N)c(Br)cc1O. The number of phenols is 1. The number of anilines is 1. The van der Waals surface area contributed by atoms with Gasteiger partial charge in [-0.25, -0.2) is 0 Å². The lowest BCUT2D eigenvalue weighted by Gasteiger charge is -2.03. The number of aromatic hydroxyl groups is 1. The zero-order valence-corrected chi connectivity index (χ0v) is 8.05. The number of phenolic OH excluding ortho intramolecular Hbond substituents is 1. The van der Waals surface area contributed by atoms with Gasteiger partial charge in [-0.15, -0.1) is 0 Å². The maximum absolute atomic E-state index is 10.9. The summed E-state index contributed by atoms with van der Waals surface area (Å²) in [4.78, 5) is 10.9. The smallest absolute Gasteiger partial charge is 0.163 e. The van der Waals surface area contributed by atoms with E-state index < -0.39 is 0 Å². The van der Waals surface area contributed by atoms with E-state index in [-0.39, 0.29) is 17.1 Å². The molecule has 1 aromatic rings. The van der Waals surface area contributed by atoms with Gasteiger partial charge in [-0.05, 0) is 35.0 Å².